The Morgan fingerprint density at radius 2 is 1.55 bits per heavy atom. The lowest BCUT2D eigenvalue weighted by Gasteiger charge is -2.59. The van der Waals surface area contributed by atoms with Crippen LogP contribution in [0.5, 0.6) is 0 Å². The van der Waals surface area contributed by atoms with E-state index in [0.29, 0.717) is 12.5 Å². The molecule has 1 unspecified atom stereocenters. The van der Waals surface area contributed by atoms with Crippen LogP contribution in [-0.4, -0.2) is 29.3 Å². The number of fused-ring (bicyclic) bond motifs is 1. The van der Waals surface area contributed by atoms with Gasteiger partial charge in [0.1, 0.15) is 0 Å². The molecule has 0 radical (unpaired) electrons. The molecule has 216 valence electrons. The first kappa shape index (κ1) is 31.0. The average Bonchev–Trinajstić information content (AvgIpc) is 2.91. The third-order valence-electron chi connectivity index (χ3n) is 10.3. The van der Waals surface area contributed by atoms with E-state index in [0.717, 1.165) is 25.7 Å². The van der Waals surface area contributed by atoms with Crippen LogP contribution < -0.4 is 10.4 Å². The lowest BCUT2D eigenvalue weighted by Crippen LogP contribution is -2.67. The smallest absolute Gasteiger partial charge is 0.261 e. The normalized spacial score (nSPS) is 31.2. The van der Waals surface area contributed by atoms with Gasteiger partial charge in [-0.25, -0.2) is 0 Å². The van der Waals surface area contributed by atoms with E-state index in [1.165, 1.54) is 10.4 Å². The first-order valence-electron chi connectivity index (χ1n) is 15.2. The zero-order valence-electron chi connectivity index (χ0n) is 26.2. The highest BCUT2D eigenvalue weighted by Crippen LogP contribution is 2.62. The van der Waals surface area contributed by atoms with E-state index >= 15 is 0 Å². The fraction of sp³-hybridized carbons (Fsp3) is 0.571. The van der Waals surface area contributed by atoms with Gasteiger partial charge in [-0.15, -0.1) is 6.58 Å². The second-order valence-electron chi connectivity index (χ2n) is 14.7. The van der Waals surface area contributed by atoms with Crippen molar-refractivity contribution in [2.75, 3.05) is 6.61 Å². The molecule has 0 aliphatic heterocycles. The average molecular weight is 574 g/mol. The molecule has 0 saturated heterocycles. The van der Waals surface area contributed by atoms with Crippen molar-refractivity contribution >= 4 is 27.0 Å². The monoisotopic (exact) mass is 573 g/mol. The van der Waals surface area contributed by atoms with Gasteiger partial charge in [-0.1, -0.05) is 101 Å². The molecule has 2 aliphatic carbocycles. The van der Waals surface area contributed by atoms with Gasteiger partial charge in [-0.3, -0.25) is 0 Å². The third-order valence-corrected chi connectivity index (χ3v) is 16.3. The van der Waals surface area contributed by atoms with Gasteiger partial charge in [0.2, 0.25) is 0 Å². The van der Waals surface area contributed by atoms with Gasteiger partial charge in [-0.05, 0) is 78.0 Å². The molecule has 0 amide bonds. The van der Waals surface area contributed by atoms with E-state index in [4.69, 9.17) is 8.85 Å². The van der Waals surface area contributed by atoms with Gasteiger partial charge >= 0.3 is 0 Å². The SMILES string of the molecule is C=C[C@@]1(C)[C@H](C)CC[C@@]2(C#N)[C@@H](CO[Si](c3ccccc3)(c3ccccc3)C(C)(C)C)CC(O[Si](C)(C)C)C[C@H]12. The third kappa shape index (κ3) is 5.45. The molecule has 0 N–H and O–H groups in total. The van der Waals surface area contributed by atoms with Crippen LogP contribution in [0.15, 0.2) is 73.3 Å². The lowest BCUT2D eigenvalue weighted by atomic mass is 9.45. The molecule has 0 heterocycles. The Hall–Kier alpha value is -1.98. The van der Waals surface area contributed by atoms with Gasteiger partial charge in [0.25, 0.3) is 8.32 Å². The van der Waals surface area contributed by atoms with Crippen molar-refractivity contribution in [3.63, 3.8) is 0 Å². The van der Waals surface area contributed by atoms with Crippen molar-refractivity contribution < 1.29 is 8.85 Å². The number of hydrogen-bond donors (Lipinski definition) is 0. The molecule has 3 nitrogen and oxygen atoms in total. The summed E-state index contributed by atoms with van der Waals surface area (Å²) in [6.45, 7) is 23.4. The fourth-order valence-corrected chi connectivity index (χ4v) is 13.8. The molecule has 2 aromatic rings. The molecule has 0 aromatic heterocycles. The lowest BCUT2D eigenvalue weighted by molar-refractivity contribution is -0.105. The Morgan fingerprint density at radius 3 is 2.00 bits per heavy atom. The standard InChI is InChI=1S/C35H51NO2Si2/c1-10-34(6)27(2)21-22-35(26-36)28(23-29(24-32(34)35)38-39(7,8)9)25-37-40(33(3,4)5,30-17-13-11-14-18-30)31-19-15-12-16-20-31/h10-20,27-29,32H,1,21-25H2,2-9H3/t27-,28-,29?,32-,34+,35-/m1/s1. The van der Waals surface area contributed by atoms with Gasteiger partial charge in [0.15, 0.2) is 8.32 Å². The molecular weight excluding hydrogens is 523 g/mol. The van der Waals surface area contributed by atoms with Crippen LogP contribution in [-0.2, 0) is 8.85 Å². The van der Waals surface area contributed by atoms with E-state index in [2.05, 4.69) is 134 Å². The number of nitrogens with zero attached hydrogens (tertiary/aromatic N) is 1. The zero-order valence-corrected chi connectivity index (χ0v) is 28.2. The van der Waals surface area contributed by atoms with Crippen molar-refractivity contribution in [3.8, 4) is 6.07 Å². The summed E-state index contributed by atoms with van der Waals surface area (Å²) in [7, 11) is -4.50. The van der Waals surface area contributed by atoms with E-state index in [9.17, 15) is 5.26 Å². The molecule has 6 atom stereocenters. The first-order valence-corrected chi connectivity index (χ1v) is 20.5. The predicted octanol–water partition coefficient (Wildman–Crippen LogP) is 7.94. The van der Waals surface area contributed by atoms with Crippen molar-refractivity contribution in [1.29, 1.82) is 5.26 Å². The molecule has 4 rings (SSSR count). The van der Waals surface area contributed by atoms with Crippen LogP contribution >= 0.6 is 0 Å². The minimum atomic E-state index is -2.72. The Bertz CT molecular complexity index is 1160. The highest BCUT2D eigenvalue weighted by Gasteiger charge is 2.61. The summed E-state index contributed by atoms with van der Waals surface area (Å²) < 4.78 is 14.3. The van der Waals surface area contributed by atoms with Gasteiger partial charge < -0.3 is 8.85 Å². The van der Waals surface area contributed by atoms with Crippen LogP contribution in [0, 0.1) is 39.9 Å². The summed E-state index contributed by atoms with van der Waals surface area (Å²) in [5.41, 5.74) is -0.550. The summed E-state index contributed by atoms with van der Waals surface area (Å²) in [5, 5.41) is 13.5. The highest BCUT2D eigenvalue weighted by atomic mass is 28.4. The van der Waals surface area contributed by atoms with E-state index in [1.807, 2.05) is 0 Å². The molecule has 2 aliphatic rings. The van der Waals surface area contributed by atoms with Crippen molar-refractivity contribution in [3.05, 3.63) is 73.3 Å². The van der Waals surface area contributed by atoms with Crippen LogP contribution in [0.4, 0.5) is 0 Å². The summed E-state index contributed by atoms with van der Waals surface area (Å²) in [4.78, 5) is 0. The first-order chi connectivity index (χ1) is 18.7. The Labute approximate surface area is 246 Å². The minimum Gasteiger partial charge on any atom is -0.415 e. The number of rotatable bonds is 8. The fourth-order valence-electron chi connectivity index (χ4n) is 8.05. The molecule has 40 heavy (non-hydrogen) atoms. The minimum absolute atomic E-state index is 0.103. The highest BCUT2D eigenvalue weighted by molar-refractivity contribution is 6.99. The second kappa shape index (κ2) is 11.4. The Kier molecular flexibility index (Phi) is 8.80. The van der Waals surface area contributed by atoms with E-state index in [1.54, 1.807) is 0 Å². The second-order valence-corrected chi connectivity index (χ2v) is 23.5. The van der Waals surface area contributed by atoms with Crippen LogP contribution in [0.25, 0.3) is 0 Å². The quantitative estimate of drug-likeness (QED) is 0.238. The Balaban J connectivity index is 1.82. The van der Waals surface area contributed by atoms with Gasteiger partial charge in [0.05, 0.1) is 11.5 Å². The number of hydrogen-bond acceptors (Lipinski definition) is 3. The van der Waals surface area contributed by atoms with Gasteiger partial charge in [0, 0.05) is 18.6 Å². The maximum atomic E-state index is 11.0. The van der Waals surface area contributed by atoms with Crippen LogP contribution in [0.3, 0.4) is 0 Å². The molecule has 0 spiro atoms. The summed E-state index contributed by atoms with van der Waals surface area (Å²) in [6, 6.07) is 24.7. The topological polar surface area (TPSA) is 42.2 Å². The van der Waals surface area contributed by atoms with Gasteiger partial charge in [-0.2, -0.15) is 5.26 Å². The number of benzene rings is 2. The van der Waals surface area contributed by atoms with Crippen molar-refractivity contribution in [2.24, 2.45) is 28.6 Å². The predicted molar refractivity (Wildman–Crippen MR) is 173 cm³/mol. The number of nitriles is 1. The zero-order chi connectivity index (χ0) is 29.4. The molecule has 2 saturated carbocycles. The molecule has 0 bridgehead atoms. The van der Waals surface area contributed by atoms with E-state index < -0.39 is 22.0 Å². The summed E-state index contributed by atoms with van der Waals surface area (Å²) in [6.07, 6.45) is 6.09. The maximum absolute atomic E-state index is 11.0. The largest absolute Gasteiger partial charge is 0.415 e. The molecule has 5 heteroatoms. The number of allylic oxidation sites excluding steroid dienone is 1. The maximum Gasteiger partial charge on any atom is 0.261 e. The summed E-state index contributed by atoms with van der Waals surface area (Å²) in [5.74, 6) is 0.792. The van der Waals surface area contributed by atoms with E-state index in [-0.39, 0.29) is 28.4 Å². The molecular formula is C35H51NO2Si2. The molecule has 2 fully saturated rings. The summed E-state index contributed by atoms with van der Waals surface area (Å²) >= 11 is 0. The van der Waals surface area contributed by atoms with Crippen LogP contribution in [0.2, 0.25) is 24.7 Å². The van der Waals surface area contributed by atoms with Crippen molar-refractivity contribution in [1.82, 2.24) is 0 Å². The Morgan fingerprint density at radius 1 is 1.00 bits per heavy atom. The van der Waals surface area contributed by atoms with Crippen molar-refractivity contribution in [2.45, 2.75) is 91.1 Å². The molecule has 2 aromatic carbocycles. The van der Waals surface area contributed by atoms with Crippen LogP contribution in [0.1, 0.15) is 60.3 Å².